The number of benzene rings is 4. The predicted octanol–water partition coefficient (Wildman–Crippen LogP) is 15.4. The highest BCUT2D eigenvalue weighted by Gasteiger charge is 2.30. The van der Waals surface area contributed by atoms with Crippen LogP contribution in [0.4, 0.5) is 0 Å². The summed E-state index contributed by atoms with van der Waals surface area (Å²) in [5.74, 6) is 3.32. The van der Waals surface area contributed by atoms with Gasteiger partial charge in [-0.3, -0.25) is 0 Å². The second kappa shape index (κ2) is 15.2. The molecular formula is C54H68. The SMILES string of the molecule is CC(C)c1cc(C(C)C)c([C-](c2ccc(C(C)(C)C)cc2)c2ccc(C(C)(C)C)cc2)cc1C(=C1C=C[C+](C(C)(C)C)C=C1)c1ccc(C(C)(C)C)cc1. The maximum Gasteiger partial charge on any atom is 0.0917 e. The van der Waals surface area contributed by atoms with Gasteiger partial charge in [-0.2, -0.15) is 0 Å². The van der Waals surface area contributed by atoms with Crippen LogP contribution in [0.15, 0.2) is 115 Å². The average molecular weight is 717 g/mol. The molecular weight excluding hydrogens is 649 g/mol. The quantitative estimate of drug-likeness (QED) is 0.132. The van der Waals surface area contributed by atoms with E-state index in [1.807, 2.05) is 0 Å². The van der Waals surface area contributed by atoms with Gasteiger partial charge < -0.3 is 0 Å². The minimum absolute atomic E-state index is 0.0805. The van der Waals surface area contributed by atoms with Crippen molar-refractivity contribution in [3.05, 3.63) is 182 Å². The summed E-state index contributed by atoms with van der Waals surface area (Å²) in [6.07, 6.45) is 9.38. The van der Waals surface area contributed by atoms with Crippen molar-refractivity contribution >= 4 is 5.57 Å². The van der Waals surface area contributed by atoms with E-state index in [9.17, 15) is 0 Å². The third-order valence-electron chi connectivity index (χ3n) is 11.2. The topological polar surface area (TPSA) is 0 Å². The van der Waals surface area contributed by atoms with Gasteiger partial charge in [-0.05, 0) is 71.1 Å². The number of hydrogen-bond donors (Lipinski definition) is 0. The summed E-state index contributed by atoms with van der Waals surface area (Å²) in [7, 11) is 0. The number of rotatable bonds is 7. The molecule has 0 saturated carbocycles. The Bertz CT molecular complexity index is 1920. The van der Waals surface area contributed by atoms with Crippen molar-refractivity contribution in [2.75, 3.05) is 0 Å². The Kier molecular flexibility index (Phi) is 11.5. The normalized spacial score (nSPS) is 14.0. The maximum absolute atomic E-state index is 2.56. The summed E-state index contributed by atoms with van der Waals surface area (Å²) in [5, 5.41) is 0. The fraction of sp³-hybridized carbons (Fsp3) is 0.407. The van der Waals surface area contributed by atoms with E-state index in [4.69, 9.17) is 0 Å². The predicted molar refractivity (Wildman–Crippen MR) is 238 cm³/mol. The molecule has 0 aromatic heterocycles. The van der Waals surface area contributed by atoms with E-state index < -0.39 is 0 Å². The third-order valence-corrected chi connectivity index (χ3v) is 11.2. The zero-order valence-corrected chi connectivity index (χ0v) is 36.5. The van der Waals surface area contributed by atoms with Gasteiger partial charge in [-0.15, -0.1) is 0 Å². The number of allylic oxidation sites excluding steroid dienone is 5. The van der Waals surface area contributed by atoms with Crippen LogP contribution in [-0.4, -0.2) is 0 Å². The summed E-state index contributed by atoms with van der Waals surface area (Å²) in [5.41, 5.74) is 16.1. The van der Waals surface area contributed by atoms with Gasteiger partial charge in [-0.25, -0.2) is 0 Å². The first kappa shape index (κ1) is 41.0. The average Bonchev–Trinajstić information content (AvgIpc) is 3.08. The van der Waals surface area contributed by atoms with E-state index in [0.717, 1.165) is 0 Å². The minimum Gasteiger partial charge on any atom is -0.0996 e. The molecule has 0 heterocycles. The van der Waals surface area contributed by atoms with Gasteiger partial charge in [0.15, 0.2) is 0 Å². The van der Waals surface area contributed by atoms with Gasteiger partial charge in [0.05, 0.1) is 23.6 Å². The number of hydrogen-bond acceptors (Lipinski definition) is 0. The Hall–Kier alpha value is -4.16. The van der Waals surface area contributed by atoms with Crippen molar-refractivity contribution < 1.29 is 0 Å². The van der Waals surface area contributed by atoms with Crippen molar-refractivity contribution in [3.8, 4) is 0 Å². The molecule has 0 radical (unpaired) electrons. The second-order valence-electron chi connectivity index (χ2n) is 20.4. The molecule has 284 valence electrons. The largest absolute Gasteiger partial charge is 0.0996 e. The van der Waals surface area contributed by atoms with E-state index in [1.165, 1.54) is 78.6 Å². The van der Waals surface area contributed by atoms with Crippen LogP contribution >= 0.6 is 0 Å². The smallest absolute Gasteiger partial charge is 0.0917 e. The molecule has 1 aliphatic rings. The first-order valence-electron chi connectivity index (χ1n) is 20.3. The molecule has 0 N–H and O–H groups in total. The fourth-order valence-electron chi connectivity index (χ4n) is 7.53. The molecule has 0 heteroatoms. The monoisotopic (exact) mass is 717 g/mol. The lowest BCUT2D eigenvalue weighted by Crippen LogP contribution is -2.16. The van der Waals surface area contributed by atoms with Crippen LogP contribution in [0, 0.1) is 17.3 Å². The van der Waals surface area contributed by atoms with Crippen molar-refractivity contribution in [2.45, 2.75) is 139 Å². The van der Waals surface area contributed by atoms with Crippen LogP contribution in [0.1, 0.15) is 178 Å². The van der Waals surface area contributed by atoms with Crippen LogP contribution < -0.4 is 0 Å². The lowest BCUT2D eigenvalue weighted by atomic mass is 9.74. The molecule has 1 aliphatic carbocycles. The Morgan fingerprint density at radius 2 is 0.889 bits per heavy atom. The van der Waals surface area contributed by atoms with Crippen molar-refractivity contribution in [2.24, 2.45) is 5.41 Å². The van der Waals surface area contributed by atoms with Crippen LogP contribution in [0.2, 0.25) is 0 Å². The van der Waals surface area contributed by atoms with Crippen LogP contribution in [0.3, 0.4) is 0 Å². The Morgan fingerprint density at radius 1 is 0.500 bits per heavy atom. The van der Waals surface area contributed by atoms with Crippen LogP contribution in [0.5, 0.6) is 0 Å². The van der Waals surface area contributed by atoms with Gasteiger partial charge in [0.25, 0.3) is 0 Å². The molecule has 4 aromatic rings. The molecule has 0 amide bonds. The summed E-state index contributed by atoms with van der Waals surface area (Å²) >= 11 is 0. The standard InChI is InChI=1S/C54H68/c1-35(2)45-33-46(36(3)4)48(50(39-21-29-43(30-22-39)53(11,12)13)40-23-31-44(32-24-40)54(14,15)16)34-47(45)49(37-17-25-41(26-18-37)51(5,6)7)38-19-27-42(28-20-38)52(8,9)10/h17-36H,1-16H3. The summed E-state index contributed by atoms with van der Waals surface area (Å²) < 4.78 is 0. The zero-order valence-electron chi connectivity index (χ0n) is 36.5. The minimum atomic E-state index is 0.0805. The van der Waals surface area contributed by atoms with Crippen molar-refractivity contribution in [1.29, 1.82) is 0 Å². The highest BCUT2D eigenvalue weighted by molar-refractivity contribution is 5.88. The Balaban J connectivity index is 1.86. The lowest BCUT2D eigenvalue weighted by molar-refractivity contribution is 0.473. The third kappa shape index (κ3) is 9.03. The lowest BCUT2D eigenvalue weighted by Gasteiger charge is -2.33. The zero-order chi connectivity index (χ0) is 40.0. The molecule has 0 spiro atoms. The molecule has 0 atom stereocenters. The molecule has 0 saturated heterocycles. The van der Waals surface area contributed by atoms with E-state index >= 15 is 0 Å². The fourth-order valence-corrected chi connectivity index (χ4v) is 7.53. The van der Waals surface area contributed by atoms with Gasteiger partial charge in [0, 0.05) is 23.1 Å². The summed E-state index contributed by atoms with van der Waals surface area (Å²) in [6, 6.07) is 33.2. The molecule has 4 aromatic carbocycles. The van der Waals surface area contributed by atoms with Crippen molar-refractivity contribution in [3.63, 3.8) is 0 Å². The van der Waals surface area contributed by atoms with Crippen LogP contribution in [0.25, 0.3) is 5.57 Å². The Labute approximate surface area is 330 Å². The molecule has 5 rings (SSSR count). The van der Waals surface area contributed by atoms with E-state index in [0.29, 0.717) is 11.8 Å². The van der Waals surface area contributed by atoms with E-state index in [1.54, 1.807) is 0 Å². The molecule has 0 unspecified atom stereocenters. The van der Waals surface area contributed by atoms with Gasteiger partial charge in [-0.1, -0.05) is 214 Å². The molecule has 0 fully saturated rings. The van der Waals surface area contributed by atoms with E-state index in [-0.39, 0.29) is 21.7 Å². The van der Waals surface area contributed by atoms with Crippen LogP contribution in [-0.2, 0) is 16.2 Å². The summed E-state index contributed by atoms with van der Waals surface area (Å²) in [4.78, 5) is 0. The first-order chi connectivity index (χ1) is 25.0. The highest BCUT2D eigenvalue weighted by atomic mass is 14.3. The van der Waals surface area contributed by atoms with Crippen molar-refractivity contribution in [1.82, 2.24) is 0 Å². The first-order valence-corrected chi connectivity index (χ1v) is 20.3. The maximum atomic E-state index is 2.56. The van der Waals surface area contributed by atoms with E-state index in [2.05, 4.69) is 220 Å². The molecule has 0 nitrogen and oxygen atoms in total. The van der Waals surface area contributed by atoms with Gasteiger partial charge >= 0.3 is 0 Å². The molecule has 0 aliphatic heterocycles. The molecule has 0 bridgehead atoms. The highest BCUT2D eigenvalue weighted by Crippen LogP contribution is 2.44. The second-order valence-corrected chi connectivity index (χ2v) is 20.4. The van der Waals surface area contributed by atoms with Gasteiger partial charge in [0.2, 0.25) is 0 Å². The summed E-state index contributed by atoms with van der Waals surface area (Å²) in [6.45, 7) is 37.0. The molecule has 54 heavy (non-hydrogen) atoms. The van der Waals surface area contributed by atoms with Gasteiger partial charge in [0.1, 0.15) is 0 Å². The Morgan fingerprint density at radius 3 is 1.24 bits per heavy atom.